The second kappa shape index (κ2) is 8.44. The molecule has 6 heteroatoms. The molecule has 1 unspecified atom stereocenters. The van der Waals surface area contributed by atoms with Crippen molar-refractivity contribution in [3.63, 3.8) is 0 Å². The van der Waals surface area contributed by atoms with Gasteiger partial charge in [0, 0.05) is 17.5 Å². The van der Waals surface area contributed by atoms with Crippen LogP contribution in [0.2, 0.25) is 0 Å². The number of nitrogens with one attached hydrogen (secondary N) is 2. The molecule has 1 aromatic rings. The van der Waals surface area contributed by atoms with Crippen molar-refractivity contribution >= 4 is 18.3 Å². The lowest BCUT2D eigenvalue weighted by Gasteiger charge is -2.29. The largest absolute Gasteiger partial charge is 0.349 e. The predicted octanol–water partition coefficient (Wildman–Crippen LogP) is 3.34. The van der Waals surface area contributed by atoms with E-state index in [0.717, 1.165) is 37.6 Å². The van der Waals surface area contributed by atoms with Gasteiger partial charge in [0.25, 0.3) is 0 Å². The molecule has 0 aliphatic carbocycles. The monoisotopic (exact) mass is 332 g/mol. The normalized spacial score (nSPS) is 22.5. The maximum Gasteiger partial charge on any atom is 0.223 e. The van der Waals surface area contributed by atoms with E-state index in [0.29, 0.717) is 12.5 Å². The van der Waals surface area contributed by atoms with Crippen molar-refractivity contribution in [1.82, 2.24) is 10.6 Å². The fourth-order valence-electron chi connectivity index (χ4n) is 2.84. The molecule has 0 radical (unpaired) electrons. The molecule has 1 aliphatic rings. The van der Waals surface area contributed by atoms with Gasteiger partial charge in [-0.3, -0.25) is 4.79 Å². The molecular formula is C16H23ClF2N2O. The van der Waals surface area contributed by atoms with Crippen molar-refractivity contribution in [2.45, 2.75) is 45.2 Å². The molecule has 0 spiro atoms. The molecular weight excluding hydrogens is 310 g/mol. The van der Waals surface area contributed by atoms with E-state index in [2.05, 4.69) is 10.6 Å². The van der Waals surface area contributed by atoms with Crippen LogP contribution in [0, 0.1) is 17.6 Å². The van der Waals surface area contributed by atoms with Gasteiger partial charge in [0.1, 0.15) is 11.6 Å². The first-order valence-electron chi connectivity index (χ1n) is 7.50. The first kappa shape index (κ1) is 18.8. The summed E-state index contributed by atoms with van der Waals surface area (Å²) in [5.41, 5.74) is 0.216. The van der Waals surface area contributed by atoms with Crippen LogP contribution >= 0.6 is 12.4 Å². The second-order valence-corrected chi connectivity index (χ2v) is 5.71. The number of carbonyl (C=O) groups is 1. The van der Waals surface area contributed by atoms with Crippen molar-refractivity contribution in [2.75, 3.05) is 6.54 Å². The van der Waals surface area contributed by atoms with E-state index in [4.69, 9.17) is 0 Å². The maximum atomic E-state index is 13.8. The van der Waals surface area contributed by atoms with E-state index in [1.54, 1.807) is 0 Å². The molecule has 2 N–H and O–H groups in total. The van der Waals surface area contributed by atoms with E-state index < -0.39 is 17.7 Å². The average molecular weight is 333 g/mol. The molecule has 22 heavy (non-hydrogen) atoms. The first-order chi connectivity index (χ1) is 10.0. The molecule has 1 fully saturated rings. The summed E-state index contributed by atoms with van der Waals surface area (Å²) in [6, 6.07) is 3.17. The number of piperidine rings is 1. The molecule has 0 bridgehead atoms. The van der Waals surface area contributed by atoms with E-state index in [1.165, 1.54) is 0 Å². The zero-order valence-corrected chi connectivity index (χ0v) is 13.7. The van der Waals surface area contributed by atoms with Crippen LogP contribution in [0.5, 0.6) is 0 Å². The second-order valence-electron chi connectivity index (χ2n) is 5.71. The number of benzene rings is 1. The lowest BCUT2D eigenvalue weighted by atomic mass is 9.91. The smallest absolute Gasteiger partial charge is 0.223 e. The van der Waals surface area contributed by atoms with Crippen molar-refractivity contribution in [1.29, 1.82) is 0 Å². The highest BCUT2D eigenvalue weighted by molar-refractivity contribution is 5.85. The molecule has 3 atom stereocenters. The van der Waals surface area contributed by atoms with Gasteiger partial charge < -0.3 is 10.6 Å². The van der Waals surface area contributed by atoms with Gasteiger partial charge in [-0.25, -0.2) is 8.78 Å². The highest BCUT2D eigenvalue weighted by Gasteiger charge is 2.27. The Morgan fingerprint density at radius 1 is 1.45 bits per heavy atom. The summed E-state index contributed by atoms with van der Waals surface area (Å²) in [6.45, 7) is 4.70. The fraction of sp³-hybridized carbons (Fsp3) is 0.562. The van der Waals surface area contributed by atoms with Crippen LogP contribution in [0.1, 0.15) is 44.7 Å². The van der Waals surface area contributed by atoms with Gasteiger partial charge in [0.15, 0.2) is 0 Å². The lowest BCUT2D eigenvalue weighted by molar-refractivity contribution is -0.126. The molecule has 1 aromatic carbocycles. The van der Waals surface area contributed by atoms with Crippen molar-refractivity contribution in [3.8, 4) is 0 Å². The average Bonchev–Trinajstić information content (AvgIpc) is 2.47. The van der Waals surface area contributed by atoms with Gasteiger partial charge in [-0.2, -0.15) is 0 Å². The number of rotatable bonds is 4. The molecule has 1 aliphatic heterocycles. The number of hydrogen-bond acceptors (Lipinski definition) is 2. The third kappa shape index (κ3) is 4.65. The van der Waals surface area contributed by atoms with Crippen LogP contribution in [0.25, 0.3) is 0 Å². The minimum absolute atomic E-state index is 0. The predicted molar refractivity (Wildman–Crippen MR) is 85.0 cm³/mol. The Kier molecular flexibility index (Phi) is 7.23. The number of carbonyl (C=O) groups excluding carboxylic acids is 1. The summed E-state index contributed by atoms with van der Waals surface area (Å²) >= 11 is 0. The highest BCUT2D eigenvalue weighted by atomic mass is 35.5. The van der Waals surface area contributed by atoms with Crippen molar-refractivity contribution < 1.29 is 13.6 Å². The number of halogens is 3. The third-order valence-corrected chi connectivity index (χ3v) is 4.05. The Morgan fingerprint density at radius 2 is 2.18 bits per heavy atom. The van der Waals surface area contributed by atoms with Crippen LogP contribution in [-0.4, -0.2) is 18.5 Å². The molecule has 1 saturated heterocycles. The summed E-state index contributed by atoms with van der Waals surface area (Å²) < 4.78 is 27.1. The van der Waals surface area contributed by atoms with Crippen molar-refractivity contribution in [2.24, 2.45) is 5.92 Å². The molecule has 3 nitrogen and oxygen atoms in total. The van der Waals surface area contributed by atoms with Gasteiger partial charge in [0.2, 0.25) is 5.91 Å². The van der Waals surface area contributed by atoms with E-state index in [1.807, 2.05) is 13.8 Å². The van der Waals surface area contributed by atoms with E-state index >= 15 is 0 Å². The van der Waals surface area contributed by atoms with Gasteiger partial charge in [-0.05, 0) is 50.9 Å². The van der Waals surface area contributed by atoms with Crippen molar-refractivity contribution in [3.05, 3.63) is 35.4 Å². The first-order valence-corrected chi connectivity index (χ1v) is 7.50. The SMILES string of the molecule is CCC(NC(=O)[C@H]1CCN[C@@H](C)C1)c1cc(F)ccc1F.Cl. The zero-order chi connectivity index (χ0) is 15.4. The Morgan fingerprint density at radius 3 is 2.82 bits per heavy atom. The molecule has 124 valence electrons. The highest BCUT2D eigenvalue weighted by Crippen LogP contribution is 2.23. The minimum atomic E-state index is -0.491. The van der Waals surface area contributed by atoms with Crippen LogP contribution in [-0.2, 0) is 4.79 Å². The summed E-state index contributed by atoms with van der Waals surface area (Å²) in [5, 5.41) is 6.16. The zero-order valence-electron chi connectivity index (χ0n) is 12.9. The standard InChI is InChI=1S/C16H22F2N2O.ClH/c1-3-15(13-9-12(17)4-5-14(13)18)20-16(21)11-6-7-19-10(2)8-11;/h4-5,9-11,15,19H,3,6-8H2,1-2H3,(H,20,21);1H/t10-,11-,15?;/m0./s1. The molecule has 0 aromatic heterocycles. The molecule has 1 amide bonds. The maximum absolute atomic E-state index is 13.8. The van der Waals surface area contributed by atoms with Crippen LogP contribution in [0.15, 0.2) is 18.2 Å². The minimum Gasteiger partial charge on any atom is -0.349 e. The molecule has 0 saturated carbocycles. The summed E-state index contributed by atoms with van der Waals surface area (Å²) in [7, 11) is 0. The van der Waals surface area contributed by atoms with Gasteiger partial charge in [-0.15, -0.1) is 12.4 Å². The topological polar surface area (TPSA) is 41.1 Å². The summed E-state index contributed by atoms with van der Waals surface area (Å²) in [4.78, 5) is 12.3. The fourth-order valence-corrected chi connectivity index (χ4v) is 2.84. The quantitative estimate of drug-likeness (QED) is 0.888. The van der Waals surface area contributed by atoms with Crippen LogP contribution in [0.4, 0.5) is 8.78 Å². The number of hydrogen-bond donors (Lipinski definition) is 2. The Balaban J connectivity index is 0.00000242. The van der Waals surface area contributed by atoms with E-state index in [-0.39, 0.29) is 29.8 Å². The summed E-state index contributed by atoms with van der Waals surface area (Å²) in [6.07, 6.45) is 2.07. The Bertz CT molecular complexity index is 513. The lowest BCUT2D eigenvalue weighted by Crippen LogP contribution is -2.43. The van der Waals surface area contributed by atoms with Gasteiger partial charge >= 0.3 is 0 Å². The van der Waals surface area contributed by atoms with Crippen LogP contribution < -0.4 is 10.6 Å². The summed E-state index contributed by atoms with van der Waals surface area (Å²) in [5.74, 6) is -1.11. The Labute approximate surface area is 136 Å². The van der Waals surface area contributed by atoms with Gasteiger partial charge in [-0.1, -0.05) is 6.92 Å². The number of amides is 1. The molecule has 1 heterocycles. The Hall–Kier alpha value is -1.20. The third-order valence-electron chi connectivity index (χ3n) is 4.05. The molecule has 2 rings (SSSR count). The van der Waals surface area contributed by atoms with Crippen LogP contribution in [0.3, 0.4) is 0 Å². The van der Waals surface area contributed by atoms with E-state index in [9.17, 15) is 13.6 Å². The van der Waals surface area contributed by atoms with Gasteiger partial charge in [0.05, 0.1) is 6.04 Å².